The van der Waals surface area contributed by atoms with Gasteiger partial charge in [0.05, 0.1) is 7.11 Å². The Labute approximate surface area is 95.3 Å². The van der Waals surface area contributed by atoms with Crippen LogP contribution in [0.2, 0.25) is 0 Å². The molecule has 0 amide bonds. The molecule has 1 unspecified atom stereocenters. The Morgan fingerprint density at radius 2 is 2.06 bits per heavy atom. The van der Waals surface area contributed by atoms with Crippen molar-refractivity contribution in [2.45, 2.75) is 19.3 Å². The summed E-state index contributed by atoms with van der Waals surface area (Å²) in [7, 11) is 1.66. The van der Waals surface area contributed by atoms with E-state index < -0.39 is 0 Å². The standard InChI is InChI=1S/C12H17NO3/c1-8(3-4-13)9-5-11-12(16-7-15-11)6-10(9)14-2/h5-6,8H,3-4,7,13H2,1-2H3. The first-order valence-electron chi connectivity index (χ1n) is 5.44. The van der Waals surface area contributed by atoms with Crippen molar-refractivity contribution >= 4 is 0 Å². The maximum atomic E-state index is 5.57. The quantitative estimate of drug-likeness (QED) is 0.846. The van der Waals surface area contributed by atoms with E-state index in [1.165, 1.54) is 0 Å². The van der Waals surface area contributed by atoms with Crippen molar-refractivity contribution in [2.75, 3.05) is 20.4 Å². The first-order valence-corrected chi connectivity index (χ1v) is 5.44. The van der Waals surface area contributed by atoms with Crippen LogP contribution in [-0.4, -0.2) is 20.4 Å². The lowest BCUT2D eigenvalue weighted by Crippen LogP contribution is -2.05. The second-order valence-corrected chi connectivity index (χ2v) is 3.93. The molecule has 0 radical (unpaired) electrons. The molecule has 1 heterocycles. The van der Waals surface area contributed by atoms with Crippen LogP contribution in [0.1, 0.15) is 24.8 Å². The van der Waals surface area contributed by atoms with Crippen LogP contribution in [0.4, 0.5) is 0 Å². The molecular formula is C12H17NO3. The van der Waals surface area contributed by atoms with Gasteiger partial charge in [-0.15, -0.1) is 0 Å². The molecule has 1 aromatic carbocycles. The lowest BCUT2D eigenvalue weighted by Gasteiger charge is -2.15. The minimum absolute atomic E-state index is 0.285. The summed E-state index contributed by atoms with van der Waals surface area (Å²) >= 11 is 0. The molecule has 2 rings (SSSR count). The molecule has 0 bridgehead atoms. The van der Waals surface area contributed by atoms with Gasteiger partial charge < -0.3 is 19.9 Å². The Bertz CT molecular complexity index is 379. The van der Waals surface area contributed by atoms with Crippen LogP contribution in [0.15, 0.2) is 12.1 Å². The van der Waals surface area contributed by atoms with E-state index in [9.17, 15) is 0 Å². The van der Waals surface area contributed by atoms with Crippen LogP contribution in [-0.2, 0) is 0 Å². The summed E-state index contributed by atoms with van der Waals surface area (Å²) in [5.41, 5.74) is 6.70. The molecule has 0 fully saturated rings. The lowest BCUT2D eigenvalue weighted by molar-refractivity contribution is 0.174. The Morgan fingerprint density at radius 1 is 1.38 bits per heavy atom. The van der Waals surface area contributed by atoms with Crippen molar-refractivity contribution in [3.8, 4) is 17.2 Å². The molecule has 1 aliphatic heterocycles. The molecule has 2 N–H and O–H groups in total. The van der Waals surface area contributed by atoms with Crippen LogP contribution >= 0.6 is 0 Å². The van der Waals surface area contributed by atoms with E-state index >= 15 is 0 Å². The average molecular weight is 223 g/mol. The minimum atomic E-state index is 0.285. The number of hydrogen-bond donors (Lipinski definition) is 1. The van der Waals surface area contributed by atoms with E-state index in [0.29, 0.717) is 12.5 Å². The van der Waals surface area contributed by atoms with Gasteiger partial charge in [0.25, 0.3) is 0 Å². The summed E-state index contributed by atoms with van der Waals surface area (Å²) < 4.78 is 16.0. The highest BCUT2D eigenvalue weighted by Gasteiger charge is 2.20. The number of ether oxygens (including phenoxy) is 3. The van der Waals surface area contributed by atoms with E-state index in [-0.39, 0.29) is 6.79 Å². The van der Waals surface area contributed by atoms with E-state index in [2.05, 4.69) is 6.92 Å². The first kappa shape index (κ1) is 11.1. The predicted octanol–water partition coefficient (Wildman–Crippen LogP) is 1.88. The van der Waals surface area contributed by atoms with Gasteiger partial charge in [-0.2, -0.15) is 0 Å². The normalized spacial score (nSPS) is 14.9. The number of benzene rings is 1. The van der Waals surface area contributed by atoms with Crippen molar-refractivity contribution in [3.63, 3.8) is 0 Å². The van der Waals surface area contributed by atoms with Gasteiger partial charge in [0.15, 0.2) is 11.5 Å². The number of hydrogen-bond acceptors (Lipinski definition) is 4. The highest BCUT2D eigenvalue weighted by molar-refractivity contribution is 5.52. The molecule has 1 aromatic rings. The molecule has 88 valence electrons. The zero-order valence-corrected chi connectivity index (χ0v) is 9.66. The Morgan fingerprint density at radius 3 is 2.69 bits per heavy atom. The predicted molar refractivity (Wildman–Crippen MR) is 61.2 cm³/mol. The fourth-order valence-electron chi connectivity index (χ4n) is 1.91. The average Bonchev–Trinajstić information content (AvgIpc) is 2.74. The molecule has 0 saturated carbocycles. The van der Waals surface area contributed by atoms with Crippen LogP contribution in [0.3, 0.4) is 0 Å². The summed E-state index contributed by atoms with van der Waals surface area (Å²) in [6.45, 7) is 3.08. The smallest absolute Gasteiger partial charge is 0.231 e. The van der Waals surface area contributed by atoms with Crippen molar-refractivity contribution in [2.24, 2.45) is 5.73 Å². The van der Waals surface area contributed by atoms with Crippen molar-refractivity contribution in [3.05, 3.63) is 17.7 Å². The summed E-state index contributed by atoms with van der Waals surface area (Å²) in [4.78, 5) is 0. The molecule has 0 aliphatic carbocycles. The van der Waals surface area contributed by atoms with E-state index in [0.717, 1.165) is 29.2 Å². The zero-order chi connectivity index (χ0) is 11.5. The topological polar surface area (TPSA) is 53.7 Å². The van der Waals surface area contributed by atoms with E-state index in [1.54, 1.807) is 7.11 Å². The molecule has 0 spiro atoms. The van der Waals surface area contributed by atoms with Gasteiger partial charge in [0.2, 0.25) is 6.79 Å². The van der Waals surface area contributed by atoms with Gasteiger partial charge in [-0.25, -0.2) is 0 Å². The third-order valence-electron chi connectivity index (χ3n) is 2.86. The van der Waals surface area contributed by atoms with Crippen molar-refractivity contribution < 1.29 is 14.2 Å². The third-order valence-corrected chi connectivity index (χ3v) is 2.86. The van der Waals surface area contributed by atoms with Crippen LogP contribution in [0.25, 0.3) is 0 Å². The summed E-state index contributed by atoms with van der Waals surface area (Å²) in [5.74, 6) is 2.74. The van der Waals surface area contributed by atoms with Crippen molar-refractivity contribution in [1.29, 1.82) is 0 Å². The number of fused-ring (bicyclic) bond motifs is 1. The first-order chi connectivity index (χ1) is 7.76. The molecular weight excluding hydrogens is 206 g/mol. The fraction of sp³-hybridized carbons (Fsp3) is 0.500. The number of methoxy groups -OCH3 is 1. The Balaban J connectivity index is 2.35. The van der Waals surface area contributed by atoms with Gasteiger partial charge in [-0.1, -0.05) is 6.92 Å². The molecule has 4 nitrogen and oxygen atoms in total. The number of nitrogens with two attached hydrogens (primary N) is 1. The third kappa shape index (κ3) is 1.93. The fourth-order valence-corrected chi connectivity index (χ4v) is 1.91. The zero-order valence-electron chi connectivity index (χ0n) is 9.66. The van der Waals surface area contributed by atoms with Gasteiger partial charge >= 0.3 is 0 Å². The van der Waals surface area contributed by atoms with Crippen LogP contribution in [0, 0.1) is 0 Å². The van der Waals surface area contributed by atoms with Gasteiger partial charge in [0.1, 0.15) is 5.75 Å². The molecule has 0 aromatic heterocycles. The van der Waals surface area contributed by atoms with E-state index in [4.69, 9.17) is 19.9 Å². The Kier molecular flexibility index (Phi) is 3.19. The molecule has 4 heteroatoms. The van der Waals surface area contributed by atoms with Crippen molar-refractivity contribution in [1.82, 2.24) is 0 Å². The second-order valence-electron chi connectivity index (χ2n) is 3.93. The molecule has 0 saturated heterocycles. The number of rotatable bonds is 4. The van der Waals surface area contributed by atoms with Crippen LogP contribution < -0.4 is 19.9 Å². The largest absolute Gasteiger partial charge is 0.496 e. The summed E-state index contributed by atoms with van der Waals surface area (Å²) in [6.07, 6.45) is 0.927. The van der Waals surface area contributed by atoms with Gasteiger partial charge in [0, 0.05) is 11.6 Å². The monoisotopic (exact) mass is 223 g/mol. The molecule has 16 heavy (non-hydrogen) atoms. The van der Waals surface area contributed by atoms with Gasteiger partial charge in [-0.3, -0.25) is 0 Å². The highest BCUT2D eigenvalue weighted by Crippen LogP contribution is 2.41. The lowest BCUT2D eigenvalue weighted by atomic mass is 9.96. The Hall–Kier alpha value is -1.42. The maximum Gasteiger partial charge on any atom is 0.231 e. The summed E-state index contributed by atoms with van der Waals surface area (Å²) in [5, 5.41) is 0. The molecule has 1 aliphatic rings. The highest BCUT2D eigenvalue weighted by atomic mass is 16.7. The van der Waals surface area contributed by atoms with Crippen LogP contribution in [0.5, 0.6) is 17.2 Å². The SMILES string of the molecule is COc1cc2c(cc1C(C)CCN)OCO2. The van der Waals surface area contributed by atoms with E-state index in [1.807, 2.05) is 12.1 Å². The molecule has 1 atom stereocenters. The van der Waals surface area contributed by atoms with Gasteiger partial charge in [-0.05, 0) is 24.9 Å². The minimum Gasteiger partial charge on any atom is -0.496 e. The summed E-state index contributed by atoms with van der Waals surface area (Å²) in [6, 6.07) is 3.87. The maximum absolute atomic E-state index is 5.57. The second kappa shape index (κ2) is 4.61.